The molecule has 1 heteroatoms. The highest BCUT2D eigenvalue weighted by molar-refractivity contribution is 5.88. The molecule has 1 nitrogen and oxygen atoms in total. The minimum absolute atomic E-state index is 0.135. The van der Waals surface area contributed by atoms with Crippen molar-refractivity contribution in [2.24, 2.45) is 0 Å². The smallest absolute Gasteiger partial charge is 0.210 e. The summed E-state index contributed by atoms with van der Waals surface area (Å²) in [6.07, 6.45) is 2.41. The molecule has 4 rings (SSSR count). The highest BCUT2D eigenvalue weighted by atomic mass is 16.1. The number of carbonyl (C=O) groups excluding carboxylic acids is 1. The normalized spacial score (nSPS) is 14.4. The van der Waals surface area contributed by atoms with Crippen molar-refractivity contribution in [3.8, 4) is 0 Å². The van der Waals surface area contributed by atoms with Crippen molar-refractivity contribution < 1.29 is 4.79 Å². The predicted molar refractivity (Wildman–Crippen MR) is 112 cm³/mol. The molecule has 0 amide bonds. The first-order chi connectivity index (χ1) is 13.2. The summed E-state index contributed by atoms with van der Waals surface area (Å²) in [5.74, 6) is -0.135. The van der Waals surface area contributed by atoms with Gasteiger partial charge in [0.05, 0.1) is 5.41 Å². The summed E-state index contributed by atoms with van der Waals surface area (Å²) in [7, 11) is 0. The fraction of sp³-hybridized carbons (Fsp3) is 0.115. The van der Waals surface area contributed by atoms with E-state index >= 15 is 0 Å². The quantitative estimate of drug-likeness (QED) is 0.429. The first-order valence-electron chi connectivity index (χ1n) is 9.21. The second-order valence-corrected chi connectivity index (χ2v) is 7.08. The van der Waals surface area contributed by atoms with E-state index in [4.69, 9.17) is 0 Å². The average molecular weight is 349 g/mol. The van der Waals surface area contributed by atoms with Crippen LogP contribution in [-0.2, 0) is 10.2 Å². The van der Waals surface area contributed by atoms with E-state index in [1.807, 2.05) is 61.5 Å². The molecule has 0 bridgehead atoms. The van der Waals surface area contributed by atoms with Crippen molar-refractivity contribution in [1.29, 1.82) is 0 Å². The minimum Gasteiger partial charge on any atom is -0.290 e. The first kappa shape index (κ1) is 17.2. The molecule has 0 spiro atoms. The van der Waals surface area contributed by atoms with Crippen molar-refractivity contribution >= 4 is 17.1 Å². The van der Waals surface area contributed by atoms with Crippen LogP contribution in [0.2, 0.25) is 0 Å². The van der Waals surface area contributed by atoms with E-state index in [0.29, 0.717) is 0 Å². The molecule has 0 saturated heterocycles. The Morgan fingerprint density at radius 1 is 0.704 bits per heavy atom. The van der Waals surface area contributed by atoms with Crippen molar-refractivity contribution in [2.75, 3.05) is 0 Å². The Morgan fingerprint density at radius 3 is 2.00 bits per heavy atom. The van der Waals surface area contributed by atoms with E-state index in [2.05, 4.69) is 54.8 Å². The fourth-order valence-electron chi connectivity index (χ4n) is 4.04. The summed E-state index contributed by atoms with van der Waals surface area (Å²) >= 11 is 0. The summed E-state index contributed by atoms with van der Waals surface area (Å²) in [5, 5.41) is 2.35. The molecule has 0 saturated carbocycles. The van der Waals surface area contributed by atoms with Crippen LogP contribution in [0.25, 0.3) is 10.8 Å². The molecule has 0 aliphatic rings. The van der Waals surface area contributed by atoms with E-state index in [1.54, 1.807) is 0 Å². The van der Waals surface area contributed by atoms with Crippen LogP contribution in [0.3, 0.4) is 0 Å². The molecule has 1 radical (unpaired) electrons. The molecular weight excluding hydrogens is 328 g/mol. The lowest BCUT2D eigenvalue weighted by atomic mass is 9.66. The maximum atomic E-state index is 12.4. The summed E-state index contributed by atoms with van der Waals surface area (Å²) in [4.78, 5) is 12.4. The molecule has 2 atom stereocenters. The van der Waals surface area contributed by atoms with Gasteiger partial charge in [-0.15, -0.1) is 0 Å². The molecule has 0 aliphatic carbocycles. The van der Waals surface area contributed by atoms with Crippen molar-refractivity contribution in [3.63, 3.8) is 0 Å². The molecule has 0 N–H and O–H groups in total. The average Bonchev–Trinajstić information content (AvgIpc) is 2.75. The molecule has 0 heterocycles. The minimum atomic E-state index is -0.799. The Hall–Kier alpha value is -3.19. The molecule has 0 fully saturated rings. The van der Waals surface area contributed by atoms with Gasteiger partial charge in [0.15, 0.2) is 0 Å². The van der Waals surface area contributed by atoms with Crippen LogP contribution in [0.4, 0.5) is 0 Å². The first-order valence-corrected chi connectivity index (χ1v) is 9.21. The van der Waals surface area contributed by atoms with Gasteiger partial charge in [-0.3, -0.25) is 4.79 Å². The SMILES string of the molecule is CC([C]=O)(c1ccccc1)C(c1ccccc1)c1cccc2ccccc12. The van der Waals surface area contributed by atoms with E-state index in [9.17, 15) is 4.79 Å². The van der Waals surface area contributed by atoms with Gasteiger partial charge in [-0.1, -0.05) is 103 Å². The number of hydrogen-bond donors (Lipinski definition) is 0. The lowest BCUT2D eigenvalue weighted by molar-refractivity contribution is 0.474. The number of benzene rings is 4. The Kier molecular flexibility index (Phi) is 4.60. The van der Waals surface area contributed by atoms with Crippen LogP contribution in [-0.4, -0.2) is 6.29 Å². The van der Waals surface area contributed by atoms with Crippen LogP contribution in [0.5, 0.6) is 0 Å². The van der Waals surface area contributed by atoms with Crippen molar-refractivity contribution in [2.45, 2.75) is 18.3 Å². The summed E-state index contributed by atoms with van der Waals surface area (Å²) in [6.45, 7) is 1.99. The third-order valence-electron chi connectivity index (χ3n) is 5.43. The molecular formula is C26H21O. The third kappa shape index (κ3) is 3.06. The van der Waals surface area contributed by atoms with Crippen LogP contribution in [0, 0.1) is 0 Å². The van der Waals surface area contributed by atoms with Gasteiger partial charge in [0.1, 0.15) is 0 Å². The lowest BCUT2D eigenvalue weighted by Crippen LogP contribution is -2.33. The second kappa shape index (κ2) is 7.20. The maximum Gasteiger partial charge on any atom is 0.210 e. The van der Waals surface area contributed by atoms with Gasteiger partial charge in [0, 0.05) is 5.92 Å². The number of rotatable bonds is 5. The third-order valence-corrected chi connectivity index (χ3v) is 5.43. The highest BCUT2D eigenvalue weighted by Gasteiger charge is 2.39. The molecule has 0 aliphatic heterocycles. The topological polar surface area (TPSA) is 17.1 Å². The molecule has 2 unspecified atom stereocenters. The zero-order chi connectivity index (χ0) is 18.7. The van der Waals surface area contributed by atoms with Crippen LogP contribution < -0.4 is 0 Å². The Bertz CT molecular complexity index is 1050. The fourth-order valence-corrected chi connectivity index (χ4v) is 4.04. The van der Waals surface area contributed by atoms with E-state index in [1.165, 1.54) is 10.8 Å². The van der Waals surface area contributed by atoms with Gasteiger partial charge >= 0.3 is 0 Å². The standard InChI is InChI=1S/C26H21O/c1-26(19-27,22-15-6-3-7-16-22)25(21-12-4-2-5-13-21)24-18-10-14-20-11-8-9-17-23(20)24/h2-18,25H,1H3. The largest absolute Gasteiger partial charge is 0.290 e. The molecule has 0 aromatic heterocycles. The van der Waals surface area contributed by atoms with Gasteiger partial charge in [-0.25, -0.2) is 0 Å². The number of hydrogen-bond acceptors (Lipinski definition) is 1. The lowest BCUT2D eigenvalue weighted by Gasteiger charge is -2.34. The van der Waals surface area contributed by atoms with Gasteiger partial charge < -0.3 is 0 Å². The predicted octanol–water partition coefficient (Wildman–Crippen LogP) is 6.04. The van der Waals surface area contributed by atoms with Crippen molar-refractivity contribution in [1.82, 2.24) is 0 Å². The number of fused-ring (bicyclic) bond motifs is 1. The molecule has 131 valence electrons. The maximum absolute atomic E-state index is 12.4. The van der Waals surface area contributed by atoms with Crippen LogP contribution in [0.1, 0.15) is 29.5 Å². The monoisotopic (exact) mass is 349 g/mol. The molecule has 27 heavy (non-hydrogen) atoms. The molecule has 4 aromatic rings. The molecule has 4 aromatic carbocycles. The highest BCUT2D eigenvalue weighted by Crippen LogP contribution is 2.44. The zero-order valence-electron chi connectivity index (χ0n) is 15.3. The van der Waals surface area contributed by atoms with Crippen LogP contribution in [0.15, 0.2) is 103 Å². The summed E-state index contributed by atoms with van der Waals surface area (Å²) < 4.78 is 0. The second-order valence-electron chi connectivity index (χ2n) is 7.08. The van der Waals surface area contributed by atoms with Gasteiger partial charge in [0.25, 0.3) is 0 Å². The Labute approximate surface area is 160 Å². The summed E-state index contributed by atoms with van der Waals surface area (Å²) in [5.41, 5.74) is 2.44. The Morgan fingerprint density at radius 2 is 1.30 bits per heavy atom. The zero-order valence-corrected chi connectivity index (χ0v) is 15.3. The van der Waals surface area contributed by atoms with E-state index in [0.717, 1.165) is 16.7 Å². The van der Waals surface area contributed by atoms with Gasteiger partial charge in [0.2, 0.25) is 6.29 Å². The Balaban J connectivity index is 2.02. The van der Waals surface area contributed by atoms with Crippen LogP contribution >= 0.6 is 0 Å². The van der Waals surface area contributed by atoms with E-state index in [-0.39, 0.29) is 5.92 Å². The summed E-state index contributed by atoms with van der Waals surface area (Å²) in [6, 6.07) is 34.9. The van der Waals surface area contributed by atoms with Crippen molar-refractivity contribution in [3.05, 3.63) is 120 Å². The van der Waals surface area contributed by atoms with Gasteiger partial charge in [-0.05, 0) is 34.4 Å². The van der Waals surface area contributed by atoms with E-state index < -0.39 is 5.41 Å². The van der Waals surface area contributed by atoms with Gasteiger partial charge in [-0.2, -0.15) is 0 Å².